The fraction of sp³-hybridized carbons (Fsp3) is 0.783. The van der Waals surface area contributed by atoms with E-state index in [4.69, 9.17) is 4.74 Å². The molecule has 154 valence electrons. The molecule has 4 aliphatic carbocycles. The fourth-order valence-electron chi connectivity index (χ4n) is 7.62. The lowest BCUT2D eigenvalue weighted by Crippen LogP contribution is -2.59. The largest absolute Gasteiger partial charge is 0.451 e. The quantitative estimate of drug-likeness (QED) is 0.448. The molecule has 0 N–H and O–H groups in total. The molecular formula is C23H31BrO4. The number of hydrogen-bond donors (Lipinski definition) is 0. The zero-order valence-corrected chi connectivity index (χ0v) is 18.9. The van der Waals surface area contributed by atoms with Crippen LogP contribution in [0.2, 0.25) is 0 Å². The van der Waals surface area contributed by atoms with Gasteiger partial charge in [0.25, 0.3) is 0 Å². The van der Waals surface area contributed by atoms with E-state index in [9.17, 15) is 14.4 Å². The van der Waals surface area contributed by atoms with Crippen LogP contribution in [0.4, 0.5) is 0 Å². The Kier molecular flexibility index (Phi) is 4.73. The summed E-state index contributed by atoms with van der Waals surface area (Å²) >= 11 is 3.89. The Morgan fingerprint density at radius 2 is 1.79 bits per heavy atom. The molecule has 4 nitrogen and oxygen atoms in total. The van der Waals surface area contributed by atoms with Crippen LogP contribution in [0.5, 0.6) is 0 Å². The first-order valence-corrected chi connectivity index (χ1v) is 11.6. The van der Waals surface area contributed by atoms with E-state index in [-0.39, 0.29) is 33.2 Å². The van der Waals surface area contributed by atoms with Crippen LogP contribution in [0.3, 0.4) is 0 Å². The van der Waals surface area contributed by atoms with Crippen LogP contribution in [-0.4, -0.2) is 28.0 Å². The first-order chi connectivity index (χ1) is 13.0. The van der Waals surface area contributed by atoms with Crippen molar-refractivity contribution in [2.24, 2.45) is 28.6 Å². The zero-order valence-electron chi connectivity index (χ0n) is 17.3. The molecule has 0 heterocycles. The summed E-state index contributed by atoms with van der Waals surface area (Å²) in [4.78, 5) is 37.0. The van der Waals surface area contributed by atoms with Crippen LogP contribution >= 0.6 is 15.9 Å². The van der Waals surface area contributed by atoms with Gasteiger partial charge >= 0.3 is 5.97 Å². The van der Waals surface area contributed by atoms with Gasteiger partial charge in [0.15, 0.2) is 17.2 Å². The van der Waals surface area contributed by atoms with E-state index in [1.165, 1.54) is 12.5 Å². The Hall–Kier alpha value is -0.970. The summed E-state index contributed by atoms with van der Waals surface area (Å²) in [6.45, 7) is 7.54. The molecule has 0 aromatic heterocycles. The van der Waals surface area contributed by atoms with E-state index in [1.807, 2.05) is 6.08 Å². The van der Waals surface area contributed by atoms with E-state index >= 15 is 0 Å². The van der Waals surface area contributed by atoms with Crippen molar-refractivity contribution in [3.63, 3.8) is 0 Å². The van der Waals surface area contributed by atoms with Crippen LogP contribution in [0.15, 0.2) is 11.6 Å². The minimum absolute atomic E-state index is 0.00703. The van der Waals surface area contributed by atoms with Crippen molar-refractivity contribution < 1.29 is 19.1 Å². The lowest BCUT2D eigenvalue weighted by Gasteiger charge is -2.60. The Morgan fingerprint density at radius 3 is 2.43 bits per heavy atom. The van der Waals surface area contributed by atoms with Gasteiger partial charge < -0.3 is 4.74 Å². The summed E-state index contributed by atoms with van der Waals surface area (Å²) in [7, 11) is 0. The van der Waals surface area contributed by atoms with Gasteiger partial charge in [0.05, 0.1) is 0 Å². The summed E-state index contributed by atoms with van der Waals surface area (Å²) in [5, 5.41) is 0. The number of alkyl halides is 1. The van der Waals surface area contributed by atoms with E-state index in [2.05, 4.69) is 29.8 Å². The number of ketones is 2. The van der Waals surface area contributed by atoms with Crippen molar-refractivity contribution in [1.29, 1.82) is 0 Å². The molecule has 0 aliphatic heterocycles. The highest BCUT2D eigenvalue weighted by Gasteiger charge is 2.68. The van der Waals surface area contributed by atoms with Gasteiger partial charge in [-0.1, -0.05) is 29.8 Å². The van der Waals surface area contributed by atoms with Crippen LogP contribution in [-0.2, 0) is 19.1 Å². The normalized spacial score (nSPS) is 47.5. The molecule has 0 aromatic carbocycles. The smallest absolute Gasteiger partial charge is 0.303 e. The summed E-state index contributed by atoms with van der Waals surface area (Å²) in [6, 6.07) is 0. The highest BCUT2D eigenvalue weighted by Crippen LogP contribution is 2.68. The van der Waals surface area contributed by atoms with Gasteiger partial charge in [0.2, 0.25) is 0 Å². The molecule has 0 spiro atoms. The van der Waals surface area contributed by atoms with Gasteiger partial charge in [-0.3, -0.25) is 14.4 Å². The van der Waals surface area contributed by atoms with Gasteiger partial charge in [-0.2, -0.15) is 0 Å². The van der Waals surface area contributed by atoms with E-state index in [0.29, 0.717) is 30.6 Å². The zero-order chi connectivity index (χ0) is 20.5. The molecule has 7 atom stereocenters. The number of allylic oxidation sites excluding steroid dienone is 1. The standard InChI is InChI=1S/C23H31BrO4/c1-13(25)23(28-14(2)26)10-7-18-16-12-20(24)19-11-15(27)5-8-21(19,3)17(16)6-9-22(18,23)4/h11,16-18,20H,5-10,12H2,1-4H3/t16-,17+,18+,20?,21-,22+,23+/m1/s1. The SMILES string of the molecule is CC(=O)O[C@]1(C(C)=O)CC[C@H]2[C@@H]3CC(Br)C4=CC(=O)CC[C@]4(C)[C@H]3CC[C@@]21C. The number of carbonyl (C=O) groups is 3. The maximum absolute atomic E-state index is 12.8. The van der Waals surface area contributed by atoms with Crippen LogP contribution < -0.4 is 0 Å². The molecule has 3 fully saturated rings. The number of fused-ring (bicyclic) bond motifs is 5. The second kappa shape index (κ2) is 6.52. The molecule has 0 amide bonds. The molecule has 1 unspecified atom stereocenters. The fourth-order valence-corrected chi connectivity index (χ4v) is 8.71. The van der Waals surface area contributed by atoms with Gasteiger partial charge in [-0.25, -0.2) is 0 Å². The Labute approximate surface area is 176 Å². The van der Waals surface area contributed by atoms with Crippen molar-refractivity contribution >= 4 is 33.5 Å². The maximum Gasteiger partial charge on any atom is 0.303 e. The van der Waals surface area contributed by atoms with Crippen LogP contribution in [0.1, 0.15) is 72.6 Å². The van der Waals surface area contributed by atoms with Gasteiger partial charge in [0.1, 0.15) is 0 Å². The lowest BCUT2D eigenvalue weighted by atomic mass is 9.46. The molecule has 0 aromatic rings. The molecule has 0 bridgehead atoms. The summed E-state index contributed by atoms with van der Waals surface area (Å²) in [6.07, 6.45) is 7.94. The predicted molar refractivity (Wildman–Crippen MR) is 110 cm³/mol. The highest BCUT2D eigenvalue weighted by atomic mass is 79.9. The molecule has 4 aliphatic rings. The van der Waals surface area contributed by atoms with Crippen molar-refractivity contribution in [3.05, 3.63) is 11.6 Å². The Morgan fingerprint density at radius 1 is 1.11 bits per heavy atom. The average Bonchev–Trinajstić information content (AvgIpc) is 2.90. The third-order valence-corrected chi connectivity index (χ3v) is 9.81. The van der Waals surface area contributed by atoms with E-state index < -0.39 is 5.60 Å². The molecule has 28 heavy (non-hydrogen) atoms. The number of ether oxygens (including phenoxy) is 1. The maximum atomic E-state index is 12.8. The summed E-state index contributed by atoms with van der Waals surface area (Å²) < 4.78 is 5.83. The molecule has 0 radical (unpaired) electrons. The van der Waals surface area contributed by atoms with Crippen LogP contribution in [0.25, 0.3) is 0 Å². The number of hydrogen-bond acceptors (Lipinski definition) is 4. The van der Waals surface area contributed by atoms with E-state index in [1.54, 1.807) is 6.92 Å². The molecule has 3 saturated carbocycles. The summed E-state index contributed by atoms with van der Waals surface area (Å²) in [5.41, 5.74) is 0.0512. The second-order valence-electron chi connectivity index (χ2n) is 10.0. The number of rotatable bonds is 2. The van der Waals surface area contributed by atoms with Crippen molar-refractivity contribution in [1.82, 2.24) is 0 Å². The lowest BCUT2D eigenvalue weighted by molar-refractivity contribution is -0.187. The number of Topliss-reactive ketones (excluding diaryl/α,β-unsaturated/α-hetero) is 1. The molecule has 4 rings (SSSR count). The topological polar surface area (TPSA) is 60.4 Å². The number of halogens is 1. The minimum Gasteiger partial charge on any atom is -0.451 e. The third kappa shape index (κ3) is 2.57. The molecule has 5 heteroatoms. The monoisotopic (exact) mass is 450 g/mol. The first-order valence-electron chi connectivity index (χ1n) is 10.6. The first kappa shape index (κ1) is 20.3. The highest BCUT2D eigenvalue weighted by molar-refractivity contribution is 9.09. The van der Waals surface area contributed by atoms with E-state index in [0.717, 1.165) is 32.1 Å². The number of esters is 1. The van der Waals surface area contributed by atoms with Crippen LogP contribution in [0, 0.1) is 28.6 Å². The second-order valence-corrected chi connectivity index (χ2v) is 11.1. The molecular weight excluding hydrogens is 420 g/mol. The molecule has 0 saturated heterocycles. The van der Waals surface area contributed by atoms with Gasteiger partial charge in [-0.05, 0) is 80.3 Å². The summed E-state index contributed by atoms with van der Waals surface area (Å²) in [5.74, 6) is 1.26. The van der Waals surface area contributed by atoms with Crippen molar-refractivity contribution in [2.45, 2.75) is 83.1 Å². The minimum atomic E-state index is -0.976. The van der Waals surface area contributed by atoms with Crippen molar-refractivity contribution in [2.75, 3.05) is 0 Å². The van der Waals surface area contributed by atoms with Crippen molar-refractivity contribution in [3.8, 4) is 0 Å². The third-order valence-electron chi connectivity index (χ3n) is 8.94. The van der Waals surface area contributed by atoms with Gasteiger partial charge in [0, 0.05) is 23.6 Å². The Bertz CT molecular complexity index is 773. The van der Waals surface area contributed by atoms with Gasteiger partial charge in [-0.15, -0.1) is 0 Å². The Balaban J connectivity index is 1.73. The average molecular weight is 451 g/mol. The number of carbonyl (C=O) groups excluding carboxylic acids is 3. The predicted octanol–water partition coefficient (Wildman–Crippen LogP) is 4.78.